The van der Waals surface area contributed by atoms with Crippen LogP contribution >= 0.6 is 0 Å². The molecule has 7 heteroatoms. The number of azide groups is 1. The molecular weight excluding hydrogens is 166 g/mol. The molecule has 0 spiro atoms. The van der Waals surface area contributed by atoms with E-state index in [4.69, 9.17) is 15.7 Å². The van der Waals surface area contributed by atoms with Crippen LogP contribution in [0.2, 0.25) is 0 Å². The van der Waals surface area contributed by atoms with Crippen molar-refractivity contribution >= 4 is 0 Å². The molecule has 1 fully saturated rings. The zero-order valence-electron chi connectivity index (χ0n) is 6.11. The molecular formula is C5H9N3O4. The maximum absolute atomic E-state index is 9.18. The van der Waals surface area contributed by atoms with Crippen LogP contribution in [0.3, 0.4) is 0 Å². The molecule has 7 nitrogen and oxygen atoms in total. The van der Waals surface area contributed by atoms with Gasteiger partial charge in [-0.05, 0) is 5.53 Å². The number of hydrogen-bond donors (Lipinski definition) is 3. The smallest absolute Gasteiger partial charge is 0.183 e. The summed E-state index contributed by atoms with van der Waals surface area (Å²) in [5.41, 5.74) is 8.04. The first-order chi connectivity index (χ1) is 5.66. The topological polar surface area (TPSA) is 119 Å². The van der Waals surface area contributed by atoms with Gasteiger partial charge in [0.15, 0.2) is 6.29 Å². The summed E-state index contributed by atoms with van der Waals surface area (Å²) in [5.74, 6) is 0. The molecule has 4 atom stereocenters. The van der Waals surface area contributed by atoms with E-state index < -0.39 is 24.5 Å². The molecule has 12 heavy (non-hydrogen) atoms. The Labute approximate surface area is 67.8 Å². The Morgan fingerprint density at radius 1 is 1.33 bits per heavy atom. The molecule has 0 aromatic heterocycles. The Bertz CT molecular complexity index is 205. The predicted molar refractivity (Wildman–Crippen MR) is 36.9 cm³/mol. The van der Waals surface area contributed by atoms with Crippen molar-refractivity contribution in [1.82, 2.24) is 0 Å². The van der Waals surface area contributed by atoms with Crippen molar-refractivity contribution in [3.63, 3.8) is 0 Å². The molecule has 1 heterocycles. The highest BCUT2D eigenvalue weighted by Crippen LogP contribution is 2.15. The van der Waals surface area contributed by atoms with E-state index in [-0.39, 0.29) is 6.61 Å². The molecule has 0 bridgehead atoms. The maximum Gasteiger partial charge on any atom is 0.183 e. The van der Waals surface area contributed by atoms with Gasteiger partial charge >= 0.3 is 0 Å². The van der Waals surface area contributed by atoms with Gasteiger partial charge in [0.1, 0.15) is 6.10 Å². The normalized spacial score (nSPS) is 41.9. The Hall–Kier alpha value is -0.850. The van der Waals surface area contributed by atoms with Gasteiger partial charge in [0, 0.05) is 4.91 Å². The third-order valence-electron chi connectivity index (χ3n) is 1.67. The molecule has 68 valence electrons. The van der Waals surface area contributed by atoms with E-state index >= 15 is 0 Å². The minimum absolute atomic E-state index is 0.0938. The van der Waals surface area contributed by atoms with Crippen molar-refractivity contribution in [2.75, 3.05) is 6.61 Å². The van der Waals surface area contributed by atoms with E-state index in [1.165, 1.54) is 0 Å². The van der Waals surface area contributed by atoms with Gasteiger partial charge in [-0.3, -0.25) is 0 Å². The Kier molecular flexibility index (Phi) is 2.85. The second-order valence-corrected chi connectivity index (χ2v) is 2.48. The summed E-state index contributed by atoms with van der Waals surface area (Å²) in [4.78, 5) is 2.46. The van der Waals surface area contributed by atoms with Crippen molar-refractivity contribution < 1.29 is 20.1 Å². The molecule has 1 rings (SSSR count). The average molecular weight is 175 g/mol. The van der Waals surface area contributed by atoms with E-state index in [1.54, 1.807) is 0 Å². The fourth-order valence-corrected chi connectivity index (χ4v) is 0.959. The summed E-state index contributed by atoms with van der Waals surface area (Å²) in [7, 11) is 0. The highest BCUT2D eigenvalue weighted by atomic mass is 16.6. The standard InChI is InChI=1S/C5H9N3O4/c6-8-7-2-1-12-5(11)4(10)3(2)9/h2-5,9-11H,1H2/t2-,3-,4+,5-/m0/s1. The van der Waals surface area contributed by atoms with Crippen LogP contribution in [0, 0.1) is 0 Å². The van der Waals surface area contributed by atoms with E-state index in [9.17, 15) is 5.11 Å². The second-order valence-electron chi connectivity index (χ2n) is 2.48. The summed E-state index contributed by atoms with van der Waals surface area (Å²) in [6.45, 7) is -0.0938. The summed E-state index contributed by atoms with van der Waals surface area (Å²) in [6, 6.07) is -0.839. The molecule has 1 aliphatic heterocycles. The summed E-state index contributed by atoms with van der Waals surface area (Å²) >= 11 is 0. The molecule has 1 aliphatic rings. The van der Waals surface area contributed by atoms with Crippen LogP contribution in [0.25, 0.3) is 10.4 Å². The first-order valence-corrected chi connectivity index (χ1v) is 3.37. The lowest BCUT2D eigenvalue weighted by molar-refractivity contribution is -0.225. The lowest BCUT2D eigenvalue weighted by Crippen LogP contribution is -2.51. The SMILES string of the molecule is [N-]=[N+]=N[C@H]1CO[C@H](O)[C@H](O)[C@H]1O. The number of aliphatic hydroxyl groups excluding tert-OH is 3. The van der Waals surface area contributed by atoms with Gasteiger partial charge in [0.05, 0.1) is 18.8 Å². The maximum atomic E-state index is 9.18. The Morgan fingerprint density at radius 2 is 2.00 bits per heavy atom. The van der Waals surface area contributed by atoms with Crippen LogP contribution in [-0.4, -0.2) is 46.5 Å². The number of ether oxygens (including phenoxy) is 1. The first-order valence-electron chi connectivity index (χ1n) is 3.37. The van der Waals surface area contributed by atoms with E-state index in [0.717, 1.165) is 0 Å². The number of nitrogens with zero attached hydrogens (tertiary/aromatic N) is 3. The monoisotopic (exact) mass is 175 g/mol. The fourth-order valence-electron chi connectivity index (χ4n) is 0.959. The van der Waals surface area contributed by atoms with Gasteiger partial charge in [-0.25, -0.2) is 0 Å². The highest BCUT2D eigenvalue weighted by molar-refractivity contribution is 4.87. The molecule has 0 amide bonds. The van der Waals surface area contributed by atoms with Crippen molar-refractivity contribution in [3.05, 3.63) is 10.4 Å². The average Bonchev–Trinajstić information content (AvgIpc) is 2.07. The van der Waals surface area contributed by atoms with Crippen LogP contribution in [-0.2, 0) is 4.74 Å². The van der Waals surface area contributed by atoms with Crippen LogP contribution in [0.4, 0.5) is 0 Å². The summed E-state index contributed by atoms with van der Waals surface area (Å²) in [6.07, 6.45) is -4.11. The van der Waals surface area contributed by atoms with E-state index in [2.05, 4.69) is 14.8 Å². The number of rotatable bonds is 1. The molecule has 0 aliphatic carbocycles. The third kappa shape index (κ3) is 1.66. The largest absolute Gasteiger partial charge is 0.390 e. The molecule has 0 aromatic carbocycles. The van der Waals surface area contributed by atoms with Gasteiger partial charge in [-0.15, -0.1) is 0 Å². The summed E-state index contributed by atoms with van der Waals surface area (Å²) < 4.78 is 4.61. The van der Waals surface area contributed by atoms with Gasteiger partial charge < -0.3 is 20.1 Å². The van der Waals surface area contributed by atoms with Gasteiger partial charge in [0.25, 0.3) is 0 Å². The summed E-state index contributed by atoms with van der Waals surface area (Å²) in [5, 5.41) is 30.3. The second kappa shape index (κ2) is 3.70. The minimum Gasteiger partial charge on any atom is -0.390 e. The van der Waals surface area contributed by atoms with Crippen molar-refractivity contribution in [2.24, 2.45) is 5.11 Å². The van der Waals surface area contributed by atoms with Gasteiger partial charge in [-0.1, -0.05) is 5.11 Å². The number of hydrogen-bond acceptors (Lipinski definition) is 5. The van der Waals surface area contributed by atoms with Crippen LogP contribution in [0.5, 0.6) is 0 Å². The first kappa shape index (κ1) is 9.24. The quantitative estimate of drug-likeness (QED) is 0.261. The molecule has 0 unspecified atom stereocenters. The molecule has 3 N–H and O–H groups in total. The van der Waals surface area contributed by atoms with Gasteiger partial charge in [0.2, 0.25) is 0 Å². The molecule has 0 radical (unpaired) electrons. The Morgan fingerprint density at radius 3 is 2.58 bits per heavy atom. The van der Waals surface area contributed by atoms with E-state index in [0.29, 0.717) is 0 Å². The van der Waals surface area contributed by atoms with Crippen molar-refractivity contribution in [3.8, 4) is 0 Å². The molecule has 1 saturated heterocycles. The Balaban J connectivity index is 2.64. The minimum atomic E-state index is -1.42. The molecule has 0 aromatic rings. The van der Waals surface area contributed by atoms with Crippen LogP contribution in [0.15, 0.2) is 5.11 Å². The lowest BCUT2D eigenvalue weighted by Gasteiger charge is -2.32. The highest BCUT2D eigenvalue weighted by Gasteiger charge is 2.36. The van der Waals surface area contributed by atoms with E-state index in [1.807, 2.05) is 0 Å². The fraction of sp³-hybridized carbons (Fsp3) is 1.00. The van der Waals surface area contributed by atoms with Crippen molar-refractivity contribution in [1.29, 1.82) is 0 Å². The third-order valence-corrected chi connectivity index (χ3v) is 1.67. The van der Waals surface area contributed by atoms with Crippen molar-refractivity contribution in [2.45, 2.75) is 24.5 Å². The molecule has 0 saturated carbocycles. The predicted octanol–water partition coefficient (Wildman–Crippen LogP) is -1.26. The van der Waals surface area contributed by atoms with Gasteiger partial charge in [-0.2, -0.15) is 0 Å². The lowest BCUT2D eigenvalue weighted by atomic mass is 10.0. The zero-order valence-corrected chi connectivity index (χ0v) is 6.11. The van der Waals surface area contributed by atoms with Crippen LogP contribution in [0.1, 0.15) is 0 Å². The number of aliphatic hydroxyl groups is 3. The zero-order chi connectivity index (χ0) is 9.14. The van der Waals surface area contributed by atoms with Crippen LogP contribution < -0.4 is 0 Å².